The summed E-state index contributed by atoms with van der Waals surface area (Å²) in [6, 6.07) is 17.9. The summed E-state index contributed by atoms with van der Waals surface area (Å²) in [5, 5.41) is 34.2. The summed E-state index contributed by atoms with van der Waals surface area (Å²) in [6.45, 7) is 6.32. The quantitative estimate of drug-likeness (QED) is 0.219. The van der Waals surface area contributed by atoms with Crippen LogP contribution in [0.4, 0.5) is 5.82 Å². The van der Waals surface area contributed by atoms with Crippen molar-refractivity contribution in [3.63, 3.8) is 0 Å². The molecule has 3 aromatic heterocycles. The number of β-amino-alcohol motifs (C(OH)–C–C–N with tert-alkyl or cyclic N) is 1. The molecule has 0 bridgehead atoms. The average molecular weight is 599 g/mol. The molecule has 2 unspecified atom stereocenters. The lowest BCUT2D eigenvalue weighted by molar-refractivity contribution is 0.175. The Morgan fingerprint density at radius 2 is 1.98 bits per heavy atom. The van der Waals surface area contributed by atoms with E-state index in [0.29, 0.717) is 40.5 Å². The SMILES string of the molecule is Cc1ccccc1C1=CC=CC(Nc2cc3ncc(CN4CCC(O)C4)cc3cn2)(c2nc3cc(CO)cc(C#N)c3o2)[C@H]1C. The Morgan fingerprint density at radius 1 is 1.11 bits per heavy atom. The van der Waals surface area contributed by atoms with Crippen LogP contribution in [0.1, 0.15) is 47.1 Å². The van der Waals surface area contributed by atoms with Crippen LogP contribution >= 0.6 is 0 Å². The maximum absolute atomic E-state index is 9.90. The van der Waals surface area contributed by atoms with Crippen LogP contribution in [-0.2, 0) is 18.7 Å². The van der Waals surface area contributed by atoms with Crippen LogP contribution in [0.3, 0.4) is 0 Å². The average Bonchev–Trinajstić information content (AvgIpc) is 3.68. The smallest absolute Gasteiger partial charge is 0.225 e. The van der Waals surface area contributed by atoms with E-state index >= 15 is 0 Å². The lowest BCUT2D eigenvalue weighted by atomic mass is 9.73. The molecule has 9 heteroatoms. The van der Waals surface area contributed by atoms with Crippen LogP contribution in [0.2, 0.25) is 0 Å². The van der Waals surface area contributed by atoms with Gasteiger partial charge in [-0.05, 0) is 65.4 Å². The van der Waals surface area contributed by atoms with Crippen molar-refractivity contribution in [1.82, 2.24) is 19.9 Å². The molecule has 226 valence electrons. The van der Waals surface area contributed by atoms with Crippen LogP contribution in [0.25, 0.3) is 27.6 Å². The van der Waals surface area contributed by atoms with Gasteiger partial charge in [-0.1, -0.05) is 43.3 Å². The maximum atomic E-state index is 9.90. The van der Waals surface area contributed by atoms with Crippen molar-refractivity contribution in [1.29, 1.82) is 5.26 Å². The van der Waals surface area contributed by atoms with E-state index < -0.39 is 5.54 Å². The lowest BCUT2D eigenvalue weighted by Crippen LogP contribution is -2.42. The molecule has 1 saturated heterocycles. The molecule has 0 saturated carbocycles. The minimum Gasteiger partial charge on any atom is -0.436 e. The standard InChI is InChI=1S/C36H34N6O3/c1-22-6-3-4-7-29(22)30-8-5-10-36(23(30)2,35-40-32-14-24(21-43)12-26(16-37)34(32)45-35)41-33-15-31-27(18-39-33)13-25(17-38-31)19-42-11-9-28(44)20-42/h3-8,10,12-15,17-18,23,28,43-44H,9,11,19-21H2,1-2H3,(H,39,41)/t23-,28?,36?/m0/s1. The molecule has 2 aromatic carbocycles. The van der Waals surface area contributed by atoms with Crippen molar-refractivity contribution in [2.75, 3.05) is 18.4 Å². The Labute approximate surface area is 261 Å². The van der Waals surface area contributed by atoms with Crippen molar-refractivity contribution in [2.45, 2.75) is 45.1 Å². The minimum absolute atomic E-state index is 0.164. The van der Waals surface area contributed by atoms with Gasteiger partial charge in [0.25, 0.3) is 0 Å². The van der Waals surface area contributed by atoms with Crippen LogP contribution < -0.4 is 5.32 Å². The van der Waals surface area contributed by atoms with Crippen LogP contribution in [-0.4, -0.2) is 49.3 Å². The number of likely N-dealkylation sites (tertiary alicyclic amines) is 1. The Kier molecular flexibility index (Phi) is 7.42. The number of aliphatic hydroxyl groups is 2. The summed E-state index contributed by atoms with van der Waals surface area (Å²) < 4.78 is 6.44. The largest absolute Gasteiger partial charge is 0.436 e. The molecule has 4 heterocycles. The topological polar surface area (TPSA) is 131 Å². The van der Waals surface area contributed by atoms with Gasteiger partial charge in [0.1, 0.15) is 22.9 Å². The van der Waals surface area contributed by atoms with E-state index in [1.54, 1.807) is 12.1 Å². The third-order valence-electron chi connectivity index (χ3n) is 9.06. The number of pyridine rings is 2. The summed E-state index contributed by atoms with van der Waals surface area (Å²) in [4.78, 5) is 16.7. The van der Waals surface area contributed by atoms with Gasteiger partial charge in [-0.15, -0.1) is 0 Å². The molecule has 0 radical (unpaired) electrons. The van der Waals surface area contributed by atoms with Gasteiger partial charge in [0.05, 0.1) is 23.8 Å². The number of hydrogen-bond donors (Lipinski definition) is 3. The first-order valence-corrected chi connectivity index (χ1v) is 15.2. The molecular formula is C36H34N6O3. The second-order valence-electron chi connectivity index (χ2n) is 12.1. The summed E-state index contributed by atoms with van der Waals surface area (Å²) in [5.74, 6) is 0.833. The highest BCUT2D eigenvalue weighted by Gasteiger charge is 2.44. The molecule has 3 atom stereocenters. The zero-order valence-electron chi connectivity index (χ0n) is 25.2. The maximum Gasteiger partial charge on any atom is 0.225 e. The predicted molar refractivity (Wildman–Crippen MR) is 173 cm³/mol. The number of aromatic nitrogens is 3. The van der Waals surface area contributed by atoms with E-state index in [4.69, 9.17) is 19.4 Å². The number of aliphatic hydroxyl groups excluding tert-OH is 2. The highest BCUT2D eigenvalue weighted by molar-refractivity contribution is 5.83. The van der Waals surface area contributed by atoms with E-state index in [9.17, 15) is 15.5 Å². The molecule has 0 amide bonds. The van der Waals surface area contributed by atoms with Crippen LogP contribution in [0.5, 0.6) is 0 Å². The molecule has 2 aliphatic rings. The molecule has 9 nitrogen and oxygen atoms in total. The van der Waals surface area contributed by atoms with E-state index in [1.165, 1.54) is 0 Å². The molecular weight excluding hydrogens is 564 g/mol. The fraction of sp³-hybridized carbons (Fsp3) is 0.278. The third kappa shape index (κ3) is 5.27. The van der Waals surface area contributed by atoms with Crippen LogP contribution in [0, 0.1) is 24.2 Å². The Bertz CT molecular complexity index is 2030. The summed E-state index contributed by atoms with van der Waals surface area (Å²) in [7, 11) is 0. The summed E-state index contributed by atoms with van der Waals surface area (Å²) >= 11 is 0. The molecule has 7 rings (SSSR count). The molecule has 1 fully saturated rings. The van der Waals surface area contributed by atoms with Crippen molar-refractivity contribution in [2.24, 2.45) is 5.92 Å². The first kappa shape index (κ1) is 28.9. The second kappa shape index (κ2) is 11.6. The van der Waals surface area contributed by atoms with Crippen molar-refractivity contribution in [3.05, 3.63) is 113 Å². The Balaban J connectivity index is 1.30. The number of nitrogens with zero attached hydrogens (tertiary/aromatic N) is 5. The summed E-state index contributed by atoms with van der Waals surface area (Å²) in [6.07, 6.45) is 10.4. The highest BCUT2D eigenvalue weighted by atomic mass is 16.4. The monoisotopic (exact) mass is 598 g/mol. The number of anilines is 1. The van der Waals surface area contributed by atoms with Crippen molar-refractivity contribution in [3.8, 4) is 6.07 Å². The first-order chi connectivity index (χ1) is 21.9. The molecule has 0 spiro atoms. The molecule has 3 N–H and O–H groups in total. The molecule has 1 aliphatic heterocycles. The highest BCUT2D eigenvalue weighted by Crippen LogP contribution is 2.46. The van der Waals surface area contributed by atoms with Crippen LogP contribution in [0.15, 0.2) is 83.6 Å². The molecule has 1 aliphatic carbocycles. The molecule has 5 aromatic rings. The van der Waals surface area contributed by atoms with Gasteiger partial charge in [0, 0.05) is 49.4 Å². The normalized spacial score (nSPS) is 21.7. The number of benzene rings is 2. The predicted octanol–water partition coefficient (Wildman–Crippen LogP) is 5.61. The fourth-order valence-corrected chi connectivity index (χ4v) is 6.61. The number of aryl methyl sites for hydroxylation is 1. The zero-order chi connectivity index (χ0) is 31.1. The number of hydrogen-bond acceptors (Lipinski definition) is 9. The first-order valence-electron chi connectivity index (χ1n) is 15.2. The molecule has 45 heavy (non-hydrogen) atoms. The van der Waals surface area contributed by atoms with Gasteiger partial charge in [-0.2, -0.15) is 5.26 Å². The van der Waals surface area contributed by atoms with E-state index in [-0.39, 0.29) is 18.6 Å². The number of allylic oxidation sites excluding steroid dienone is 2. The third-order valence-corrected chi connectivity index (χ3v) is 9.06. The fourth-order valence-electron chi connectivity index (χ4n) is 6.61. The van der Waals surface area contributed by atoms with Gasteiger partial charge in [-0.3, -0.25) is 9.88 Å². The Hall–Kier alpha value is -4.88. The summed E-state index contributed by atoms with van der Waals surface area (Å²) in [5.41, 5.74) is 6.11. The number of oxazole rings is 1. The number of rotatable bonds is 7. The van der Waals surface area contributed by atoms with Gasteiger partial charge >= 0.3 is 0 Å². The number of nitriles is 1. The van der Waals surface area contributed by atoms with E-state index in [1.807, 2.05) is 42.7 Å². The van der Waals surface area contributed by atoms with Gasteiger partial charge in [0.2, 0.25) is 5.89 Å². The van der Waals surface area contributed by atoms with Gasteiger partial charge < -0.3 is 19.9 Å². The second-order valence-corrected chi connectivity index (χ2v) is 12.1. The van der Waals surface area contributed by atoms with Gasteiger partial charge in [-0.25, -0.2) is 9.97 Å². The lowest BCUT2D eigenvalue weighted by Gasteiger charge is -2.39. The Morgan fingerprint density at radius 3 is 2.76 bits per heavy atom. The number of fused-ring (bicyclic) bond motifs is 2. The number of nitrogens with one attached hydrogen (secondary N) is 1. The zero-order valence-corrected chi connectivity index (χ0v) is 25.2. The van der Waals surface area contributed by atoms with Gasteiger partial charge in [0.15, 0.2) is 5.58 Å². The minimum atomic E-state index is -0.964. The van der Waals surface area contributed by atoms with E-state index in [0.717, 1.165) is 52.7 Å². The van der Waals surface area contributed by atoms with E-state index in [2.05, 4.69) is 54.4 Å². The van der Waals surface area contributed by atoms with Crippen molar-refractivity contribution >= 4 is 33.4 Å². The van der Waals surface area contributed by atoms with Crippen molar-refractivity contribution < 1.29 is 14.6 Å².